The molecule has 0 aliphatic carbocycles. The maximum absolute atomic E-state index is 13.5. The first-order valence-electron chi connectivity index (χ1n) is 9.85. The van der Waals surface area contributed by atoms with Crippen LogP contribution in [0.3, 0.4) is 0 Å². The number of rotatable bonds is 7. The number of carboxylic acid groups (broad SMARTS) is 1. The second-order valence-electron chi connectivity index (χ2n) is 7.15. The fourth-order valence-electron chi connectivity index (χ4n) is 3.45. The van der Waals surface area contributed by atoms with Crippen molar-refractivity contribution in [3.63, 3.8) is 0 Å². The number of carbonyl (C=O) groups is 2. The van der Waals surface area contributed by atoms with Crippen molar-refractivity contribution in [3.05, 3.63) is 94.6 Å². The number of carboxylic acids is 1. The number of ether oxygens (including phenoxy) is 1. The van der Waals surface area contributed by atoms with Crippen LogP contribution in [0, 0.1) is 11.3 Å². The van der Waals surface area contributed by atoms with E-state index in [1.165, 1.54) is 7.11 Å². The third-order valence-electron chi connectivity index (χ3n) is 5.14. The van der Waals surface area contributed by atoms with Gasteiger partial charge < -0.3 is 14.6 Å². The fraction of sp³-hybridized carbons (Fsp3) is 0.0800. The van der Waals surface area contributed by atoms with Crippen molar-refractivity contribution in [2.24, 2.45) is 0 Å². The molecule has 3 aromatic carbocycles. The third-order valence-corrected chi connectivity index (χ3v) is 5.70. The fourth-order valence-corrected chi connectivity index (χ4v) is 3.97. The average molecular weight is 477 g/mol. The molecule has 4 aromatic rings. The molecule has 7 nitrogen and oxygen atoms in total. The van der Waals surface area contributed by atoms with Gasteiger partial charge in [0.1, 0.15) is 16.8 Å². The number of ketones is 1. The number of hydrogen-bond donors (Lipinski definition) is 0. The summed E-state index contributed by atoms with van der Waals surface area (Å²) < 4.78 is 13.5. The number of aromatic nitrogens is 2. The van der Waals surface area contributed by atoms with Gasteiger partial charge in [0.25, 0.3) is 0 Å². The first-order chi connectivity index (χ1) is 16.0. The molecule has 9 heteroatoms. The summed E-state index contributed by atoms with van der Waals surface area (Å²) in [6, 6.07) is 20.0. The molecule has 0 aliphatic rings. The number of hydrogen-bond acceptors (Lipinski definition) is 8. The second-order valence-corrected chi connectivity index (χ2v) is 7.68. The monoisotopic (exact) mass is 477 g/mol. The number of nitrogens with zero attached hydrogens (tertiary/aromatic N) is 3. The van der Waals surface area contributed by atoms with Gasteiger partial charge in [-0.15, -0.1) is 0 Å². The molecule has 162 valence electrons. The zero-order chi connectivity index (χ0) is 23.4. The number of nitriles is 1. The van der Waals surface area contributed by atoms with Crippen molar-refractivity contribution < 1.29 is 49.0 Å². The van der Waals surface area contributed by atoms with Gasteiger partial charge in [-0.05, 0) is 59.7 Å². The molecule has 0 unspecified atom stereocenters. The van der Waals surface area contributed by atoms with Gasteiger partial charge in [0.15, 0.2) is 5.78 Å². The number of allylic oxidation sites excluding steroid dienone is 1. The van der Waals surface area contributed by atoms with E-state index >= 15 is 0 Å². The molecule has 0 saturated heterocycles. The number of Topliss-reactive ketones (excluding diaryl/α,β-unsaturated/α-hetero) is 1. The SMILES string of the molecule is COc1ccc(C(=O)/C(Cc2ccc(C#N)cc2)=C(/C(=O)[O-])c2ccc3nsnc3c2)cc1.[Na+]. The van der Waals surface area contributed by atoms with Crippen LogP contribution in [-0.4, -0.2) is 27.6 Å². The third kappa shape index (κ3) is 5.41. The van der Waals surface area contributed by atoms with E-state index in [1.54, 1.807) is 66.7 Å². The van der Waals surface area contributed by atoms with E-state index in [4.69, 9.17) is 10.00 Å². The quantitative estimate of drug-likeness (QED) is 0.212. The Labute approximate surface area is 221 Å². The average Bonchev–Trinajstić information content (AvgIpc) is 3.31. The van der Waals surface area contributed by atoms with Crippen molar-refractivity contribution in [1.29, 1.82) is 5.26 Å². The van der Waals surface area contributed by atoms with Gasteiger partial charge in [0, 0.05) is 23.1 Å². The summed E-state index contributed by atoms with van der Waals surface area (Å²) in [5.74, 6) is -1.34. The molecule has 0 saturated carbocycles. The van der Waals surface area contributed by atoms with E-state index in [-0.39, 0.29) is 47.1 Å². The Hall–Kier alpha value is -3.35. The van der Waals surface area contributed by atoms with Crippen LogP contribution in [-0.2, 0) is 11.2 Å². The van der Waals surface area contributed by atoms with Crippen LogP contribution in [0.1, 0.15) is 27.0 Å². The summed E-state index contributed by atoms with van der Waals surface area (Å²) in [6.07, 6.45) is 0.0350. The first kappa shape index (κ1) is 25.3. The van der Waals surface area contributed by atoms with Gasteiger partial charge in [-0.1, -0.05) is 18.2 Å². The van der Waals surface area contributed by atoms with Crippen LogP contribution in [0.2, 0.25) is 0 Å². The zero-order valence-corrected chi connectivity index (χ0v) is 21.3. The number of aliphatic carboxylic acids is 1. The number of carbonyl (C=O) groups excluding carboxylic acids is 2. The van der Waals surface area contributed by atoms with Crippen LogP contribution in [0.5, 0.6) is 5.75 Å². The Morgan fingerprint density at radius 3 is 2.24 bits per heavy atom. The minimum atomic E-state index is -1.47. The van der Waals surface area contributed by atoms with Gasteiger partial charge >= 0.3 is 29.6 Å². The van der Waals surface area contributed by atoms with Crippen molar-refractivity contribution in [1.82, 2.24) is 8.75 Å². The summed E-state index contributed by atoms with van der Waals surface area (Å²) in [6.45, 7) is 0. The molecule has 1 heterocycles. The molecule has 0 aliphatic heterocycles. The van der Waals surface area contributed by atoms with E-state index in [0.717, 1.165) is 11.7 Å². The minimum Gasteiger partial charge on any atom is -0.545 e. The normalized spacial score (nSPS) is 11.2. The molecular weight excluding hydrogens is 461 g/mol. The first-order valence-corrected chi connectivity index (χ1v) is 10.6. The van der Waals surface area contributed by atoms with Crippen LogP contribution in [0.4, 0.5) is 0 Å². The maximum atomic E-state index is 13.5. The number of benzene rings is 3. The molecule has 0 spiro atoms. The maximum Gasteiger partial charge on any atom is 1.00 e. The minimum absolute atomic E-state index is 0. The number of fused-ring (bicyclic) bond motifs is 1. The van der Waals surface area contributed by atoms with E-state index in [1.807, 2.05) is 6.07 Å². The van der Waals surface area contributed by atoms with Crippen LogP contribution >= 0.6 is 11.7 Å². The van der Waals surface area contributed by atoms with E-state index < -0.39 is 11.8 Å². The predicted molar refractivity (Wildman–Crippen MR) is 122 cm³/mol. The Morgan fingerprint density at radius 2 is 1.62 bits per heavy atom. The summed E-state index contributed by atoms with van der Waals surface area (Å²) >= 11 is 1.02. The molecule has 0 fully saturated rings. The van der Waals surface area contributed by atoms with Gasteiger partial charge in [-0.25, -0.2) is 0 Å². The second kappa shape index (κ2) is 11.2. The molecule has 0 atom stereocenters. The topological polar surface area (TPSA) is 116 Å². The molecule has 4 rings (SSSR count). The Bertz CT molecular complexity index is 1420. The standard InChI is InChI=1S/C25H17N3O4S.Na/c1-32-19-9-6-17(7-10-19)24(29)20(12-15-2-4-16(14-26)5-3-15)23(25(30)31)18-8-11-21-22(13-18)28-33-27-21;/h2-11,13H,12H2,1H3,(H,30,31);/q;+1/p-1/b23-20+;. The molecule has 0 radical (unpaired) electrons. The summed E-state index contributed by atoms with van der Waals surface area (Å²) in [7, 11) is 1.52. The van der Waals surface area contributed by atoms with E-state index in [9.17, 15) is 14.7 Å². The smallest absolute Gasteiger partial charge is 0.545 e. The number of methoxy groups -OCH3 is 1. The van der Waals surface area contributed by atoms with E-state index in [0.29, 0.717) is 39.0 Å². The van der Waals surface area contributed by atoms with Crippen molar-refractivity contribution >= 4 is 40.1 Å². The van der Waals surface area contributed by atoms with Crippen molar-refractivity contribution in [3.8, 4) is 11.8 Å². The predicted octanol–water partition coefficient (Wildman–Crippen LogP) is 0.205. The largest absolute Gasteiger partial charge is 1.00 e. The van der Waals surface area contributed by atoms with Crippen molar-refractivity contribution in [2.75, 3.05) is 7.11 Å². The Balaban J connectivity index is 0.00000324. The van der Waals surface area contributed by atoms with Crippen LogP contribution < -0.4 is 39.4 Å². The summed E-state index contributed by atoms with van der Waals surface area (Å²) in [4.78, 5) is 25.9. The summed E-state index contributed by atoms with van der Waals surface area (Å²) in [5.41, 5.74) is 2.79. The van der Waals surface area contributed by atoms with Crippen LogP contribution in [0.25, 0.3) is 16.6 Å². The molecule has 1 aromatic heterocycles. The van der Waals surface area contributed by atoms with Gasteiger partial charge in [0.2, 0.25) is 0 Å². The molecule has 0 N–H and O–H groups in total. The molecule has 34 heavy (non-hydrogen) atoms. The Morgan fingerprint density at radius 1 is 0.971 bits per heavy atom. The van der Waals surface area contributed by atoms with Gasteiger partial charge in [0.05, 0.1) is 36.4 Å². The van der Waals surface area contributed by atoms with Gasteiger partial charge in [-0.3, -0.25) is 4.79 Å². The Kier molecular flexibility index (Phi) is 8.31. The van der Waals surface area contributed by atoms with Gasteiger partial charge in [-0.2, -0.15) is 14.0 Å². The van der Waals surface area contributed by atoms with E-state index in [2.05, 4.69) is 8.75 Å². The molecule has 0 bridgehead atoms. The zero-order valence-electron chi connectivity index (χ0n) is 18.4. The van der Waals surface area contributed by atoms with Crippen LogP contribution in [0.15, 0.2) is 72.3 Å². The molecule has 0 amide bonds. The van der Waals surface area contributed by atoms with Crippen molar-refractivity contribution in [2.45, 2.75) is 6.42 Å². The summed E-state index contributed by atoms with van der Waals surface area (Å²) in [5, 5.41) is 21.4. The molecular formula is C25H16N3NaO4S.